The molecule has 0 radical (unpaired) electrons. The van der Waals surface area contributed by atoms with Crippen molar-refractivity contribution in [3.8, 4) is 5.75 Å². The number of carbonyl (C=O) groups is 2. The Labute approximate surface area is 149 Å². The predicted octanol–water partition coefficient (Wildman–Crippen LogP) is 2.46. The van der Waals surface area contributed by atoms with E-state index in [1.165, 1.54) is 6.07 Å². The van der Waals surface area contributed by atoms with E-state index in [-0.39, 0.29) is 12.4 Å². The number of anilines is 1. The number of hydrogen-bond donors (Lipinski definition) is 2. The van der Waals surface area contributed by atoms with Gasteiger partial charge in [-0.05, 0) is 25.1 Å². The molecule has 2 N–H and O–H groups in total. The average Bonchev–Trinajstić information content (AvgIpc) is 2.99. The third-order valence-corrected chi connectivity index (χ3v) is 4.50. The second kappa shape index (κ2) is 6.18. The fourth-order valence-electron chi connectivity index (χ4n) is 3.42. The van der Waals surface area contributed by atoms with E-state index in [2.05, 4.69) is 10.3 Å². The van der Waals surface area contributed by atoms with Crippen LogP contribution in [0.5, 0.6) is 5.75 Å². The van der Waals surface area contributed by atoms with E-state index < -0.39 is 23.8 Å². The molecule has 0 spiro atoms. The zero-order valence-electron chi connectivity index (χ0n) is 14.0. The van der Waals surface area contributed by atoms with Gasteiger partial charge in [0.2, 0.25) is 11.9 Å². The lowest BCUT2D eigenvalue weighted by molar-refractivity contribution is -0.152. The van der Waals surface area contributed by atoms with Gasteiger partial charge in [-0.15, -0.1) is 0 Å². The van der Waals surface area contributed by atoms with E-state index in [4.69, 9.17) is 4.74 Å². The predicted molar refractivity (Wildman–Crippen MR) is 94.7 cm³/mol. The standard InChI is InChI=1S/C19H17N3O4/c1-2-26-18(25)15-16(11-7-3-6-10-14(11)23)22-13-9-5-4-8-12(13)20-19(22)21-17(15)24/h3-10,15-16,23H,2H2,1H3,(H,20,21,24)/t15-,16-/m0/s1. The fraction of sp³-hybridized carbons (Fsp3) is 0.211. The number of nitrogens with one attached hydrogen (secondary N) is 1. The van der Waals surface area contributed by atoms with Crippen molar-refractivity contribution >= 4 is 28.9 Å². The second-order valence-corrected chi connectivity index (χ2v) is 6.02. The molecule has 0 unspecified atom stereocenters. The molecule has 1 aromatic heterocycles. The number of esters is 1. The molecule has 3 aromatic rings. The first-order chi connectivity index (χ1) is 12.6. The lowest BCUT2D eigenvalue weighted by atomic mass is 9.89. The Morgan fingerprint density at radius 2 is 1.96 bits per heavy atom. The zero-order chi connectivity index (χ0) is 18.3. The smallest absolute Gasteiger partial charge is 0.321 e. The zero-order valence-corrected chi connectivity index (χ0v) is 14.0. The molecule has 0 saturated heterocycles. The monoisotopic (exact) mass is 351 g/mol. The molecule has 132 valence electrons. The van der Waals surface area contributed by atoms with Crippen molar-refractivity contribution in [1.82, 2.24) is 9.55 Å². The number of para-hydroxylation sites is 3. The van der Waals surface area contributed by atoms with Crippen molar-refractivity contribution in [1.29, 1.82) is 0 Å². The summed E-state index contributed by atoms with van der Waals surface area (Å²) >= 11 is 0. The van der Waals surface area contributed by atoms with Gasteiger partial charge in [0.15, 0.2) is 5.92 Å². The van der Waals surface area contributed by atoms with Crippen molar-refractivity contribution in [3.63, 3.8) is 0 Å². The van der Waals surface area contributed by atoms with Crippen LogP contribution in [0.2, 0.25) is 0 Å². The molecule has 2 aromatic carbocycles. The van der Waals surface area contributed by atoms with Crippen LogP contribution in [0.3, 0.4) is 0 Å². The Morgan fingerprint density at radius 3 is 2.73 bits per heavy atom. The van der Waals surface area contributed by atoms with E-state index in [1.807, 2.05) is 24.3 Å². The number of phenolic OH excluding ortho intramolecular Hbond substituents is 1. The third-order valence-electron chi connectivity index (χ3n) is 4.50. The molecule has 7 nitrogen and oxygen atoms in total. The van der Waals surface area contributed by atoms with Gasteiger partial charge in [0, 0.05) is 5.56 Å². The average molecular weight is 351 g/mol. The van der Waals surface area contributed by atoms with E-state index in [1.54, 1.807) is 29.7 Å². The summed E-state index contributed by atoms with van der Waals surface area (Å²) in [7, 11) is 0. The molecule has 0 fully saturated rings. The van der Waals surface area contributed by atoms with Gasteiger partial charge >= 0.3 is 5.97 Å². The quantitative estimate of drug-likeness (QED) is 0.558. The molecular formula is C19H17N3O4. The Balaban J connectivity index is 1.99. The first-order valence-corrected chi connectivity index (χ1v) is 8.34. The van der Waals surface area contributed by atoms with Crippen LogP contribution in [0.25, 0.3) is 11.0 Å². The Kier molecular flexibility index (Phi) is 3.84. The van der Waals surface area contributed by atoms with Crippen LogP contribution in [0.1, 0.15) is 18.5 Å². The number of imidazole rings is 1. The number of aromatic nitrogens is 2. The number of phenols is 1. The van der Waals surface area contributed by atoms with Crippen molar-refractivity contribution < 1.29 is 19.4 Å². The summed E-state index contributed by atoms with van der Waals surface area (Å²) in [5.41, 5.74) is 1.91. The molecule has 7 heteroatoms. The van der Waals surface area contributed by atoms with Crippen LogP contribution in [-0.4, -0.2) is 33.1 Å². The highest BCUT2D eigenvalue weighted by Gasteiger charge is 2.44. The summed E-state index contributed by atoms with van der Waals surface area (Å²) < 4.78 is 6.90. The van der Waals surface area contributed by atoms with Gasteiger partial charge < -0.3 is 14.4 Å². The maximum absolute atomic E-state index is 12.7. The van der Waals surface area contributed by atoms with Crippen LogP contribution in [-0.2, 0) is 14.3 Å². The van der Waals surface area contributed by atoms with Crippen LogP contribution >= 0.6 is 0 Å². The molecule has 1 aliphatic heterocycles. The molecule has 26 heavy (non-hydrogen) atoms. The minimum atomic E-state index is -1.13. The fourth-order valence-corrected chi connectivity index (χ4v) is 3.42. The Hall–Kier alpha value is -3.35. The number of amides is 1. The third kappa shape index (κ3) is 2.40. The molecule has 4 rings (SSSR count). The molecule has 2 heterocycles. The van der Waals surface area contributed by atoms with Crippen molar-refractivity contribution in [2.75, 3.05) is 11.9 Å². The van der Waals surface area contributed by atoms with Crippen molar-refractivity contribution in [3.05, 3.63) is 54.1 Å². The molecule has 0 bridgehead atoms. The van der Waals surface area contributed by atoms with Gasteiger partial charge in [0.25, 0.3) is 0 Å². The minimum absolute atomic E-state index is 0.00484. The van der Waals surface area contributed by atoms with Crippen molar-refractivity contribution in [2.24, 2.45) is 5.92 Å². The number of hydrogen-bond acceptors (Lipinski definition) is 5. The highest BCUT2D eigenvalue weighted by Crippen LogP contribution is 2.41. The summed E-state index contributed by atoms with van der Waals surface area (Å²) in [6.07, 6.45) is 0. The second-order valence-electron chi connectivity index (χ2n) is 6.02. The number of rotatable bonds is 3. The summed E-state index contributed by atoms with van der Waals surface area (Å²) in [5, 5.41) is 13.1. The minimum Gasteiger partial charge on any atom is -0.508 e. The maximum atomic E-state index is 12.7. The highest BCUT2D eigenvalue weighted by atomic mass is 16.5. The van der Waals surface area contributed by atoms with E-state index in [0.29, 0.717) is 17.0 Å². The highest BCUT2D eigenvalue weighted by molar-refractivity contribution is 6.07. The number of ether oxygens (including phenoxy) is 1. The van der Waals surface area contributed by atoms with Crippen LogP contribution in [0.4, 0.5) is 5.95 Å². The molecule has 1 amide bonds. The Bertz CT molecular complexity index is 1010. The van der Waals surface area contributed by atoms with Gasteiger partial charge in [0.1, 0.15) is 5.75 Å². The van der Waals surface area contributed by atoms with E-state index >= 15 is 0 Å². The Morgan fingerprint density at radius 1 is 1.23 bits per heavy atom. The van der Waals surface area contributed by atoms with E-state index in [0.717, 1.165) is 5.52 Å². The molecular weight excluding hydrogens is 334 g/mol. The molecule has 0 aliphatic carbocycles. The SMILES string of the molecule is CCOC(=O)[C@@H]1C(=O)Nc2nc3ccccc3n2[C@H]1c1ccccc1O. The van der Waals surface area contributed by atoms with Crippen LogP contribution in [0.15, 0.2) is 48.5 Å². The maximum Gasteiger partial charge on any atom is 0.321 e. The summed E-state index contributed by atoms with van der Waals surface area (Å²) in [4.78, 5) is 29.7. The number of nitrogens with zero attached hydrogens (tertiary/aromatic N) is 2. The molecule has 1 aliphatic rings. The summed E-state index contributed by atoms with van der Waals surface area (Å²) in [5.74, 6) is -1.93. The molecule has 0 saturated carbocycles. The van der Waals surface area contributed by atoms with Gasteiger partial charge in [0.05, 0.1) is 23.7 Å². The number of fused-ring (bicyclic) bond motifs is 3. The number of benzene rings is 2. The largest absolute Gasteiger partial charge is 0.508 e. The first kappa shape index (κ1) is 16.1. The first-order valence-electron chi connectivity index (χ1n) is 8.34. The normalized spacial score (nSPS) is 19.0. The van der Waals surface area contributed by atoms with Gasteiger partial charge in [-0.25, -0.2) is 4.98 Å². The van der Waals surface area contributed by atoms with Crippen molar-refractivity contribution in [2.45, 2.75) is 13.0 Å². The number of carbonyl (C=O) groups excluding carboxylic acids is 2. The van der Waals surface area contributed by atoms with Crippen LogP contribution < -0.4 is 5.32 Å². The molecule has 2 atom stereocenters. The lowest BCUT2D eigenvalue weighted by Crippen LogP contribution is -2.43. The van der Waals surface area contributed by atoms with Gasteiger partial charge in [-0.1, -0.05) is 30.3 Å². The van der Waals surface area contributed by atoms with E-state index in [9.17, 15) is 14.7 Å². The summed E-state index contributed by atoms with van der Waals surface area (Å²) in [6, 6.07) is 13.3. The van der Waals surface area contributed by atoms with Gasteiger partial charge in [-0.3, -0.25) is 14.9 Å². The van der Waals surface area contributed by atoms with Crippen LogP contribution in [0, 0.1) is 5.92 Å². The topological polar surface area (TPSA) is 93.5 Å². The number of aromatic hydroxyl groups is 1. The summed E-state index contributed by atoms with van der Waals surface area (Å²) in [6.45, 7) is 1.85. The lowest BCUT2D eigenvalue weighted by Gasteiger charge is -2.32. The van der Waals surface area contributed by atoms with Gasteiger partial charge in [-0.2, -0.15) is 0 Å².